The van der Waals surface area contributed by atoms with E-state index in [-0.39, 0.29) is 18.3 Å². The number of azo groups is 1. The maximum atomic E-state index is 10.7. The highest BCUT2D eigenvalue weighted by atomic mass is 16.6. The van der Waals surface area contributed by atoms with Gasteiger partial charge in [-0.2, -0.15) is 10.2 Å². The minimum atomic E-state index is -0.439. The van der Waals surface area contributed by atoms with E-state index < -0.39 is 4.92 Å². The molecule has 0 fully saturated rings. The molecule has 7 heteroatoms. The van der Waals surface area contributed by atoms with E-state index in [9.17, 15) is 15.2 Å². The molecule has 30 heavy (non-hydrogen) atoms. The third kappa shape index (κ3) is 7.22. The van der Waals surface area contributed by atoms with Gasteiger partial charge in [0.25, 0.3) is 5.69 Å². The summed E-state index contributed by atoms with van der Waals surface area (Å²) < 4.78 is 0. The van der Waals surface area contributed by atoms with Gasteiger partial charge in [0.15, 0.2) is 0 Å². The normalized spacial score (nSPS) is 12.2. The quantitative estimate of drug-likeness (QED) is 0.175. The molecular formula is C23H32N4O3. The maximum Gasteiger partial charge on any atom is 0.269 e. The number of aliphatic hydroxyl groups is 1. The van der Waals surface area contributed by atoms with Crippen molar-refractivity contribution in [2.75, 3.05) is 18.1 Å². The molecule has 2 aromatic rings. The van der Waals surface area contributed by atoms with E-state index in [0.29, 0.717) is 11.4 Å². The molecule has 1 N–H and O–H groups in total. The zero-order valence-electron chi connectivity index (χ0n) is 17.9. The zero-order chi connectivity index (χ0) is 21.8. The van der Waals surface area contributed by atoms with Crippen LogP contribution < -0.4 is 4.90 Å². The van der Waals surface area contributed by atoms with Gasteiger partial charge < -0.3 is 10.0 Å². The van der Waals surface area contributed by atoms with Gasteiger partial charge in [-0.05, 0) is 49.2 Å². The van der Waals surface area contributed by atoms with Crippen LogP contribution in [-0.4, -0.2) is 29.2 Å². The fourth-order valence-electron chi connectivity index (χ4n) is 3.38. The third-order valence-corrected chi connectivity index (χ3v) is 5.05. The van der Waals surface area contributed by atoms with Gasteiger partial charge in [-0.3, -0.25) is 10.1 Å². The summed E-state index contributed by atoms with van der Waals surface area (Å²) in [4.78, 5) is 12.6. The molecule has 1 atom stereocenters. The van der Waals surface area contributed by atoms with Crippen LogP contribution in [0.4, 0.5) is 22.7 Å². The summed E-state index contributed by atoms with van der Waals surface area (Å²) >= 11 is 0. The topological polar surface area (TPSA) is 91.3 Å². The molecule has 0 radical (unpaired) electrons. The Balaban J connectivity index is 2.09. The molecule has 0 aliphatic rings. The number of anilines is 1. The summed E-state index contributed by atoms with van der Waals surface area (Å²) in [5.74, 6) is 0. The van der Waals surface area contributed by atoms with Crippen molar-refractivity contribution in [3.63, 3.8) is 0 Å². The molecule has 2 aromatic carbocycles. The van der Waals surface area contributed by atoms with Crippen molar-refractivity contribution in [2.24, 2.45) is 10.2 Å². The van der Waals surface area contributed by atoms with Gasteiger partial charge in [0.05, 0.1) is 28.9 Å². The van der Waals surface area contributed by atoms with Gasteiger partial charge in [0.2, 0.25) is 0 Å². The highest BCUT2D eigenvalue weighted by Gasteiger charge is 2.17. The van der Waals surface area contributed by atoms with Crippen LogP contribution in [0.25, 0.3) is 0 Å². The van der Waals surface area contributed by atoms with Crippen LogP contribution in [0.15, 0.2) is 58.8 Å². The van der Waals surface area contributed by atoms with Crippen LogP contribution in [0.2, 0.25) is 0 Å². The number of nitrogens with zero attached hydrogens (tertiary/aromatic N) is 4. The summed E-state index contributed by atoms with van der Waals surface area (Å²) in [6.45, 7) is 5.41. The second-order valence-corrected chi connectivity index (χ2v) is 7.37. The number of hydrogen-bond donors (Lipinski definition) is 1. The van der Waals surface area contributed by atoms with Crippen LogP contribution in [0.3, 0.4) is 0 Å². The zero-order valence-corrected chi connectivity index (χ0v) is 17.9. The number of benzene rings is 2. The van der Waals surface area contributed by atoms with Crippen molar-refractivity contribution in [2.45, 2.75) is 58.4 Å². The Morgan fingerprint density at radius 3 is 2.03 bits per heavy atom. The van der Waals surface area contributed by atoms with Gasteiger partial charge in [-0.15, -0.1) is 0 Å². The Bertz CT molecular complexity index is 791. The fraction of sp³-hybridized carbons (Fsp3) is 0.478. The van der Waals surface area contributed by atoms with Crippen molar-refractivity contribution in [3.8, 4) is 0 Å². The Kier molecular flexibility index (Phi) is 9.94. The number of rotatable bonds is 13. The predicted octanol–water partition coefficient (Wildman–Crippen LogP) is 6.56. The molecule has 0 aliphatic heterocycles. The van der Waals surface area contributed by atoms with Crippen LogP contribution in [0.1, 0.15) is 52.4 Å². The highest BCUT2D eigenvalue weighted by molar-refractivity contribution is 5.54. The van der Waals surface area contributed by atoms with Gasteiger partial charge in [0.1, 0.15) is 0 Å². The molecule has 0 aliphatic carbocycles. The monoisotopic (exact) mass is 412 g/mol. The van der Waals surface area contributed by atoms with Crippen molar-refractivity contribution in [1.29, 1.82) is 0 Å². The molecule has 7 nitrogen and oxygen atoms in total. The van der Waals surface area contributed by atoms with Gasteiger partial charge in [0, 0.05) is 24.4 Å². The van der Waals surface area contributed by atoms with E-state index in [1.54, 1.807) is 12.1 Å². The number of non-ortho nitro benzene ring substituents is 1. The minimum absolute atomic E-state index is 0.0304. The van der Waals surface area contributed by atoms with Gasteiger partial charge in [-0.1, -0.05) is 39.5 Å². The molecule has 0 heterocycles. The first-order valence-electron chi connectivity index (χ1n) is 10.7. The first-order valence-corrected chi connectivity index (χ1v) is 10.7. The van der Waals surface area contributed by atoms with Crippen molar-refractivity contribution in [1.82, 2.24) is 0 Å². The second kappa shape index (κ2) is 12.7. The molecule has 1 unspecified atom stereocenters. The van der Waals surface area contributed by atoms with Crippen molar-refractivity contribution >= 4 is 22.7 Å². The standard InChI is InChI=1S/C23H32N4O3/c1-3-5-6-7-17-26(23(18-28)8-4-2)21-13-9-19(10-14-21)24-25-20-11-15-22(16-12-20)27(29)30/h9-16,23,28H,3-8,17-18H2,1-2H3/b25-24+. The first kappa shape index (κ1) is 23.5. The molecule has 0 amide bonds. The molecule has 0 spiro atoms. The summed E-state index contributed by atoms with van der Waals surface area (Å²) in [6.07, 6.45) is 6.71. The molecule has 162 valence electrons. The fourth-order valence-corrected chi connectivity index (χ4v) is 3.38. The van der Waals surface area contributed by atoms with E-state index in [2.05, 4.69) is 29.0 Å². The lowest BCUT2D eigenvalue weighted by Gasteiger charge is -2.33. The smallest absolute Gasteiger partial charge is 0.269 e. The number of hydrogen-bond acceptors (Lipinski definition) is 6. The Labute approximate surface area is 178 Å². The van der Waals surface area contributed by atoms with Crippen LogP contribution in [0.5, 0.6) is 0 Å². The number of nitro benzene ring substituents is 1. The Morgan fingerprint density at radius 2 is 1.53 bits per heavy atom. The number of aliphatic hydroxyl groups excluding tert-OH is 1. The Hall–Kier alpha value is -2.80. The lowest BCUT2D eigenvalue weighted by molar-refractivity contribution is -0.384. The van der Waals surface area contributed by atoms with E-state index >= 15 is 0 Å². The van der Waals surface area contributed by atoms with Gasteiger partial charge in [-0.25, -0.2) is 0 Å². The highest BCUT2D eigenvalue weighted by Crippen LogP contribution is 2.26. The number of unbranched alkanes of at least 4 members (excludes halogenated alkanes) is 3. The van der Waals surface area contributed by atoms with E-state index in [0.717, 1.165) is 31.5 Å². The second-order valence-electron chi connectivity index (χ2n) is 7.37. The summed E-state index contributed by atoms with van der Waals surface area (Å²) in [7, 11) is 0. The molecule has 0 aromatic heterocycles. The molecule has 0 saturated carbocycles. The molecule has 0 bridgehead atoms. The lowest BCUT2D eigenvalue weighted by atomic mass is 10.1. The van der Waals surface area contributed by atoms with E-state index in [4.69, 9.17) is 0 Å². The SMILES string of the molecule is CCCCCCN(c1ccc(/N=N/c2ccc([N+](=O)[O-])cc2)cc1)C(CO)CCC. The molecular weight excluding hydrogens is 380 g/mol. The van der Waals surface area contributed by atoms with Gasteiger partial charge >= 0.3 is 0 Å². The number of nitro groups is 1. The summed E-state index contributed by atoms with van der Waals surface area (Å²) in [5.41, 5.74) is 2.38. The van der Waals surface area contributed by atoms with E-state index in [1.807, 2.05) is 24.3 Å². The molecule has 0 saturated heterocycles. The molecule has 2 rings (SSSR count). The third-order valence-electron chi connectivity index (χ3n) is 5.05. The minimum Gasteiger partial charge on any atom is -0.394 e. The largest absolute Gasteiger partial charge is 0.394 e. The van der Waals surface area contributed by atoms with Crippen molar-refractivity contribution in [3.05, 3.63) is 58.6 Å². The Morgan fingerprint density at radius 1 is 0.933 bits per heavy atom. The maximum absolute atomic E-state index is 10.7. The van der Waals surface area contributed by atoms with Crippen LogP contribution in [0, 0.1) is 10.1 Å². The van der Waals surface area contributed by atoms with Crippen LogP contribution in [-0.2, 0) is 0 Å². The lowest BCUT2D eigenvalue weighted by Crippen LogP contribution is -2.38. The van der Waals surface area contributed by atoms with E-state index in [1.165, 1.54) is 31.4 Å². The predicted molar refractivity (Wildman–Crippen MR) is 121 cm³/mol. The van der Waals surface area contributed by atoms with Crippen molar-refractivity contribution < 1.29 is 10.0 Å². The van der Waals surface area contributed by atoms with Crippen LogP contribution >= 0.6 is 0 Å². The summed E-state index contributed by atoms with van der Waals surface area (Å²) in [6, 6.07) is 13.9. The average molecular weight is 413 g/mol. The average Bonchev–Trinajstić information content (AvgIpc) is 2.77. The first-order chi connectivity index (χ1) is 14.6. The summed E-state index contributed by atoms with van der Waals surface area (Å²) in [5, 5.41) is 29.0.